The predicted octanol–water partition coefficient (Wildman–Crippen LogP) is 4.14. The van der Waals surface area contributed by atoms with E-state index in [4.69, 9.17) is 16.3 Å². The maximum atomic E-state index is 13.2. The lowest BCUT2D eigenvalue weighted by molar-refractivity contribution is -0.119. The molecule has 0 radical (unpaired) electrons. The van der Waals surface area contributed by atoms with Gasteiger partial charge in [0, 0.05) is 5.69 Å². The second kappa shape index (κ2) is 9.24. The molecule has 0 saturated heterocycles. The lowest BCUT2D eigenvalue weighted by atomic mass is 10.2. The Labute approximate surface area is 180 Å². The molecule has 0 unspecified atom stereocenters. The van der Waals surface area contributed by atoms with Crippen LogP contribution in [0.25, 0.3) is 0 Å². The molecular weight excluding hydrogens is 455 g/mol. The van der Waals surface area contributed by atoms with Gasteiger partial charge in [-0.2, -0.15) is 0 Å². The standard InChI is InChI=1S/C19H14ClFN2O5S2/c20-14-10-12(7-8-15(14)21)22-17(24)11-28-19(25)13-4-1-2-5-16(13)23-30(26,27)18-6-3-9-29-18/h1-10,23H,11H2,(H,22,24). The van der Waals surface area contributed by atoms with Gasteiger partial charge < -0.3 is 10.1 Å². The number of amides is 1. The minimum atomic E-state index is -3.87. The monoisotopic (exact) mass is 468 g/mol. The van der Waals surface area contributed by atoms with Crippen LogP contribution in [-0.4, -0.2) is 26.9 Å². The number of para-hydroxylation sites is 1. The van der Waals surface area contributed by atoms with E-state index in [9.17, 15) is 22.4 Å². The summed E-state index contributed by atoms with van der Waals surface area (Å²) in [6.45, 7) is -0.639. The second-order valence-corrected chi connectivity index (χ2v) is 9.10. The fraction of sp³-hybridized carbons (Fsp3) is 0.0526. The van der Waals surface area contributed by atoms with Gasteiger partial charge in [0.2, 0.25) is 0 Å². The Balaban J connectivity index is 1.66. The lowest BCUT2D eigenvalue weighted by Crippen LogP contribution is -2.22. The first-order valence-corrected chi connectivity index (χ1v) is 11.1. The first-order valence-electron chi connectivity index (χ1n) is 8.33. The molecule has 0 atom stereocenters. The van der Waals surface area contributed by atoms with Crippen molar-refractivity contribution in [3.05, 3.63) is 76.4 Å². The molecule has 1 aromatic heterocycles. The third-order valence-electron chi connectivity index (χ3n) is 3.69. The normalized spacial score (nSPS) is 11.0. The number of esters is 1. The number of thiophene rings is 1. The van der Waals surface area contributed by atoms with Crippen LogP contribution in [0, 0.1) is 5.82 Å². The largest absolute Gasteiger partial charge is 0.452 e. The van der Waals surface area contributed by atoms with Crippen molar-refractivity contribution < 1.29 is 27.1 Å². The van der Waals surface area contributed by atoms with Crippen LogP contribution < -0.4 is 10.0 Å². The quantitative estimate of drug-likeness (QED) is 0.507. The summed E-state index contributed by atoms with van der Waals surface area (Å²) in [5, 5.41) is 3.85. The lowest BCUT2D eigenvalue weighted by Gasteiger charge is -2.12. The molecule has 7 nitrogen and oxygen atoms in total. The zero-order valence-electron chi connectivity index (χ0n) is 15.1. The van der Waals surface area contributed by atoms with Gasteiger partial charge in [0.1, 0.15) is 10.0 Å². The molecule has 11 heteroatoms. The van der Waals surface area contributed by atoms with Crippen molar-refractivity contribution in [3.8, 4) is 0 Å². The van der Waals surface area contributed by atoms with Crippen LogP contribution >= 0.6 is 22.9 Å². The average Bonchev–Trinajstić information content (AvgIpc) is 3.25. The SMILES string of the molecule is O=C(COC(=O)c1ccccc1NS(=O)(=O)c1cccs1)Nc1ccc(F)c(Cl)c1. The Kier molecular flexibility index (Phi) is 6.70. The van der Waals surface area contributed by atoms with E-state index in [1.807, 2.05) is 0 Å². The number of hydrogen-bond acceptors (Lipinski definition) is 6. The average molecular weight is 469 g/mol. The molecule has 2 aromatic carbocycles. The molecule has 30 heavy (non-hydrogen) atoms. The minimum Gasteiger partial charge on any atom is -0.452 e. The summed E-state index contributed by atoms with van der Waals surface area (Å²) >= 11 is 6.67. The van der Waals surface area contributed by atoms with Gasteiger partial charge in [-0.25, -0.2) is 17.6 Å². The van der Waals surface area contributed by atoms with Crippen molar-refractivity contribution in [1.82, 2.24) is 0 Å². The van der Waals surface area contributed by atoms with Crippen molar-refractivity contribution >= 4 is 56.2 Å². The molecule has 0 aliphatic heterocycles. The molecule has 156 valence electrons. The molecule has 2 N–H and O–H groups in total. The number of hydrogen-bond donors (Lipinski definition) is 2. The van der Waals surface area contributed by atoms with Crippen LogP contribution in [-0.2, 0) is 19.6 Å². The molecule has 1 amide bonds. The molecule has 0 spiro atoms. The van der Waals surface area contributed by atoms with Gasteiger partial charge in [0.25, 0.3) is 15.9 Å². The van der Waals surface area contributed by atoms with E-state index in [0.717, 1.165) is 17.4 Å². The summed E-state index contributed by atoms with van der Waals surface area (Å²) in [7, 11) is -3.87. The highest BCUT2D eigenvalue weighted by Gasteiger charge is 2.20. The maximum Gasteiger partial charge on any atom is 0.340 e. The van der Waals surface area contributed by atoms with Crippen molar-refractivity contribution in [3.63, 3.8) is 0 Å². The highest BCUT2D eigenvalue weighted by molar-refractivity contribution is 7.94. The number of halogens is 2. The van der Waals surface area contributed by atoms with Gasteiger partial charge in [-0.3, -0.25) is 9.52 Å². The van der Waals surface area contributed by atoms with E-state index >= 15 is 0 Å². The molecule has 0 saturated carbocycles. The summed E-state index contributed by atoms with van der Waals surface area (Å²) in [6.07, 6.45) is 0. The molecule has 0 aliphatic carbocycles. The van der Waals surface area contributed by atoms with Crippen LogP contribution in [0.1, 0.15) is 10.4 Å². The first-order chi connectivity index (χ1) is 14.3. The van der Waals surface area contributed by atoms with Crippen molar-refractivity contribution in [2.75, 3.05) is 16.6 Å². The Morgan fingerprint density at radius 3 is 2.57 bits per heavy atom. The highest BCUT2D eigenvalue weighted by atomic mass is 35.5. The van der Waals surface area contributed by atoms with Crippen LogP contribution in [0.2, 0.25) is 5.02 Å². The first kappa shape index (κ1) is 21.8. The van der Waals surface area contributed by atoms with Crippen LogP contribution in [0.4, 0.5) is 15.8 Å². The van der Waals surface area contributed by atoms with Gasteiger partial charge in [-0.05, 0) is 41.8 Å². The van der Waals surface area contributed by atoms with E-state index in [1.54, 1.807) is 17.5 Å². The maximum absolute atomic E-state index is 13.2. The minimum absolute atomic E-state index is 0.0154. The molecule has 0 aliphatic rings. The fourth-order valence-corrected chi connectivity index (χ4v) is 4.59. The Bertz CT molecular complexity index is 1180. The van der Waals surface area contributed by atoms with Crippen LogP contribution in [0.15, 0.2) is 64.2 Å². The molecule has 3 aromatic rings. The number of anilines is 2. The van der Waals surface area contributed by atoms with E-state index in [2.05, 4.69) is 10.0 Å². The third kappa shape index (κ3) is 5.35. The molecule has 0 fully saturated rings. The zero-order valence-corrected chi connectivity index (χ0v) is 17.5. The van der Waals surface area contributed by atoms with Gasteiger partial charge in [0.05, 0.1) is 16.3 Å². The summed E-state index contributed by atoms with van der Waals surface area (Å²) in [5.74, 6) is -2.21. The van der Waals surface area contributed by atoms with Gasteiger partial charge in [-0.15, -0.1) is 11.3 Å². The van der Waals surface area contributed by atoms with Crippen LogP contribution in [0.5, 0.6) is 0 Å². The topological polar surface area (TPSA) is 102 Å². The number of rotatable bonds is 7. The molecule has 0 bridgehead atoms. The number of nitrogens with one attached hydrogen (secondary N) is 2. The molecule has 1 heterocycles. The van der Waals surface area contributed by atoms with Crippen molar-refractivity contribution in [1.29, 1.82) is 0 Å². The van der Waals surface area contributed by atoms with E-state index in [1.165, 1.54) is 36.4 Å². The smallest absolute Gasteiger partial charge is 0.340 e. The summed E-state index contributed by atoms with van der Waals surface area (Å²) < 4.78 is 45.4. The number of ether oxygens (including phenoxy) is 1. The summed E-state index contributed by atoms with van der Waals surface area (Å²) in [5.41, 5.74) is 0.184. The molecular formula is C19H14ClFN2O5S2. The highest BCUT2D eigenvalue weighted by Crippen LogP contribution is 2.23. The Morgan fingerprint density at radius 2 is 1.87 bits per heavy atom. The number of carbonyl (C=O) groups is 2. The van der Waals surface area contributed by atoms with Gasteiger partial charge >= 0.3 is 5.97 Å². The number of benzene rings is 2. The number of carbonyl (C=O) groups excluding carboxylic acids is 2. The third-order valence-corrected chi connectivity index (χ3v) is 6.74. The summed E-state index contributed by atoms with van der Waals surface area (Å²) in [6, 6.07) is 12.5. The van der Waals surface area contributed by atoms with Crippen molar-refractivity contribution in [2.24, 2.45) is 0 Å². The Morgan fingerprint density at radius 1 is 1.10 bits per heavy atom. The zero-order chi connectivity index (χ0) is 21.7. The van der Waals surface area contributed by atoms with E-state index < -0.39 is 34.3 Å². The van der Waals surface area contributed by atoms with Gasteiger partial charge in [-0.1, -0.05) is 29.8 Å². The van der Waals surface area contributed by atoms with E-state index in [0.29, 0.717) is 0 Å². The van der Waals surface area contributed by atoms with E-state index in [-0.39, 0.29) is 26.2 Å². The Hall–Kier alpha value is -2.95. The second-order valence-electron chi connectivity index (χ2n) is 5.84. The van der Waals surface area contributed by atoms with Gasteiger partial charge in [0.15, 0.2) is 6.61 Å². The van der Waals surface area contributed by atoms with Crippen molar-refractivity contribution in [2.45, 2.75) is 4.21 Å². The number of sulfonamides is 1. The predicted molar refractivity (Wildman–Crippen MR) is 112 cm³/mol. The fourth-order valence-electron chi connectivity index (χ4n) is 2.34. The molecule has 3 rings (SSSR count). The van der Waals surface area contributed by atoms with Crippen LogP contribution in [0.3, 0.4) is 0 Å². The summed E-state index contributed by atoms with van der Waals surface area (Å²) in [4.78, 5) is 24.4.